The maximum absolute atomic E-state index is 11.7. The first-order valence-corrected chi connectivity index (χ1v) is 8.47. The van der Waals surface area contributed by atoms with Gasteiger partial charge in [0, 0.05) is 12.3 Å². The van der Waals surface area contributed by atoms with Crippen LogP contribution in [0, 0.1) is 5.92 Å². The molecule has 0 aromatic heterocycles. The van der Waals surface area contributed by atoms with Crippen LogP contribution < -0.4 is 5.32 Å². The standard InChI is InChI=1S/C14H21NO2S/c1-3-11-7-6-9-12(11)15-13-8-4-5-10-14(13)18(2,16)17/h4-5,8,10-12,15H,3,6-7,9H2,1-2H3. The van der Waals surface area contributed by atoms with Gasteiger partial charge in [-0.2, -0.15) is 0 Å². The Morgan fingerprint density at radius 2 is 2.00 bits per heavy atom. The molecular weight excluding hydrogens is 246 g/mol. The van der Waals surface area contributed by atoms with Crippen molar-refractivity contribution >= 4 is 15.5 Å². The number of rotatable bonds is 4. The fourth-order valence-corrected chi connectivity index (χ4v) is 3.68. The van der Waals surface area contributed by atoms with Crippen molar-refractivity contribution in [3.8, 4) is 0 Å². The van der Waals surface area contributed by atoms with Crippen LogP contribution >= 0.6 is 0 Å². The summed E-state index contributed by atoms with van der Waals surface area (Å²) in [4.78, 5) is 0.409. The first kappa shape index (κ1) is 13.4. The molecule has 1 N–H and O–H groups in total. The number of hydrogen-bond acceptors (Lipinski definition) is 3. The quantitative estimate of drug-likeness (QED) is 0.912. The zero-order valence-corrected chi connectivity index (χ0v) is 11.8. The summed E-state index contributed by atoms with van der Waals surface area (Å²) < 4.78 is 23.5. The number of hydrogen-bond donors (Lipinski definition) is 1. The molecule has 0 saturated heterocycles. The summed E-state index contributed by atoms with van der Waals surface area (Å²) in [7, 11) is -3.16. The number of para-hydroxylation sites is 1. The Kier molecular flexibility index (Phi) is 3.95. The number of nitrogens with one attached hydrogen (secondary N) is 1. The lowest BCUT2D eigenvalue weighted by atomic mass is 10.0. The van der Waals surface area contributed by atoms with Crippen LogP contribution in [0.3, 0.4) is 0 Å². The van der Waals surface area contributed by atoms with E-state index in [1.165, 1.54) is 19.1 Å². The molecule has 0 aliphatic heterocycles. The molecule has 100 valence electrons. The molecule has 1 aliphatic rings. The molecule has 1 aliphatic carbocycles. The number of benzene rings is 1. The lowest BCUT2D eigenvalue weighted by Gasteiger charge is -2.22. The molecule has 0 radical (unpaired) electrons. The van der Waals surface area contributed by atoms with Gasteiger partial charge in [0.25, 0.3) is 0 Å². The molecule has 0 spiro atoms. The number of sulfone groups is 1. The lowest BCUT2D eigenvalue weighted by molar-refractivity contribution is 0.488. The van der Waals surface area contributed by atoms with Gasteiger partial charge >= 0.3 is 0 Å². The normalized spacial score (nSPS) is 24.1. The Hall–Kier alpha value is -1.03. The Labute approximate surface area is 110 Å². The molecule has 0 amide bonds. The van der Waals surface area contributed by atoms with Crippen molar-refractivity contribution in [1.29, 1.82) is 0 Å². The van der Waals surface area contributed by atoms with Crippen molar-refractivity contribution in [3.63, 3.8) is 0 Å². The molecule has 0 heterocycles. The van der Waals surface area contributed by atoms with E-state index >= 15 is 0 Å². The van der Waals surface area contributed by atoms with E-state index in [0.29, 0.717) is 16.9 Å². The van der Waals surface area contributed by atoms with Gasteiger partial charge in [-0.15, -0.1) is 0 Å². The third-order valence-corrected chi connectivity index (χ3v) is 4.97. The van der Waals surface area contributed by atoms with Crippen LogP contribution in [0.25, 0.3) is 0 Å². The molecule has 1 saturated carbocycles. The van der Waals surface area contributed by atoms with E-state index < -0.39 is 9.84 Å². The molecule has 4 heteroatoms. The zero-order valence-electron chi connectivity index (χ0n) is 11.0. The highest BCUT2D eigenvalue weighted by atomic mass is 32.2. The maximum Gasteiger partial charge on any atom is 0.177 e. The minimum atomic E-state index is -3.16. The van der Waals surface area contributed by atoms with Crippen LogP contribution in [0.4, 0.5) is 5.69 Å². The summed E-state index contributed by atoms with van der Waals surface area (Å²) in [6.45, 7) is 2.20. The predicted molar refractivity (Wildman–Crippen MR) is 74.6 cm³/mol. The highest BCUT2D eigenvalue weighted by Gasteiger charge is 2.26. The largest absolute Gasteiger partial charge is 0.381 e. The molecule has 1 aromatic rings. The van der Waals surface area contributed by atoms with E-state index in [1.54, 1.807) is 12.1 Å². The molecule has 1 aromatic carbocycles. The average Bonchev–Trinajstić information content (AvgIpc) is 2.75. The molecular formula is C14H21NO2S. The van der Waals surface area contributed by atoms with Gasteiger partial charge in [-0.05, 0) is 30.9 Å². The van der Waals surface area contributed by atoms with Gasteiger partial charge in [0.15, 0.2) is 9.84 Å². The molecule has 18 heavy (non-hydrogen) atoms. The Balaban J connectivity index is 2.24. The van der Waals surface area contributed by atoms with Crippen molar-refractivity contribution < 1.29 is 8.42 Å². The van der Waals surface area contributed by atoms with Crippen molar-refractivity contribution in [3.05, 3.63) is 24.3 Å². The van der Waals surface area contributed by atoms with Crippen molar-refractivity contribution in [2.24, 2.45) is 5.92 Å². The van der Waals surface area contributed by atoms with Crippen molar-refractivity contribution in [1.82, 2.24) is 0 Å². The zero-order chi connectivity index (χ0) is 13.2. The summed E-state index contributed by atoms with van der Waals surface area (Å²) >= 11 is 0. The summed E-state index contributed by atoms with van der Waals surface area (Å²) in [6, 6.07) is 7.60. The van der Waals surface area contributed by atoms with Crippen LogP contribution in [0.2, 0.25) is 0 Å². The molecule has 2 rings (SSSR count). The summed E-state index contributed by atoms with van der Waals surface area (Å²) in [6.07, 6.45) is 6.03. The van der Waals surface area contributed by atoms with E-state index in [1.807, 2.05) is 12.1 Å². The fourth-order valence-electron chi connectivity index (χ4n) is 2.82. The molecule has 3 nitrogen and oxygen atoms in total. The van der Waals surface area contributed by atoms with Gasteiger partial charge in [0.2, 0.25) is 0 Å². The minimum Gasteiger partial charge on any atom is -0.381 e. The fraction of sp³-hybridized carbons (Fsp3) is 0.571. The van der Waals surface area contributed by atoms with E-state index in [9.17, 15) is 8.42 Å². The van der Waals surface area contributed by atoms with Gasteiger partial charge in [0.05, 0.1) is 10.6 Å². The first-order chi connectivity index (χ1) is 8.52. The van der Waals surface area contributed by atoms with Gasteiger partial charge < -0.3 is 5.32 Å². The molecule has 2 unspecified atom stereocenters. The minimum absolute atomic E-state index is 0.409. The van der Waals surface area contributed by atoms with Gasteiger partial charge in [0.1, 0.15) is 0 Å². The van der Waals surface area contributed by atoms with E-state index in [-0.39, 0.29) is 0 Å². The summed E-state index contributed by atoms with van der Waals surface area (Å²) in [5.41, 5.74) is 0.755. The second-order valence-electron chi connectivity index (χ2n) is 5.12. The van der Waals surface area contributed by atoms with Gasteiger partial charge in [-0.1, -0.05) is 31.9 Å². The third-order valence-electron chi connectivity index (χ3n) is 3.81. The third kappa shape index (κ3) is 2.86. The molecule has 0 bridgehead atoms. The van der Waals surface area contributed by atoms with Crippen LogP contribution in [0.1, 0.15) is 32.6 Å². The van der Waals surface area contributed by atoms with Gasteiger partial charge in [-0.3, -0.25) is 0 Å². The topological polar surface area (TPSA) is 46.2 Å². The summed E-state index contributed by atoms with van der Waals surface area (Å²) in [5.74, 6) is 0.664. The summed E-state index contributed by atoms with van der Waals surface area (Å²) in [5, 5.41) is 3.44. The van der Waals surface area contributed by atoms with E-state index in [4.69, 9.17) is 0 Å². The maximum atomic E-state index is 11.7. The highest BCUT2D eigenvalue weighted by molar-refractivity contribution is 7.90. The average molecular weight is 267 g/mol. The predicted octanol–water partition coefficient (Wildman–Crippen LogP) is 3.08. The Bertz CT molecular complexity index is 510. The van der Waals surface area contributed by atoms with Gasteiger partial charge in [-0.25, -0.2) is 8.42 Å². The van der Waals surface area contributed by atoms with E-state index in [2.05, 4.69) is 12.2 Å². The van der Waals surface area contributed by atoms with E-state index in [0.717, 1.165) is 18.5 Å². The monoisotopic (exact) mass is 267 g/mol. The SMILES string of the molecule is CCC1CCCC1Nc1ccccc1S(C)(=O)=O. The van der Waals surface area contributed by atoms with Crippen LogP contribution in [-0.4, -0.2) is 20.7 Å². The Morgan fingerprint density at radius 1 is 1.28 bits per heavy atom. The second kappa shape index (κ2) is 5.31. The highest BCUT2D eigenvalue weighted by Crippen LogP contribution is 2.32. The van der Waals surface area contributed by atoms with Crippen LogP contribution in [0.15, 0.2) is 29.2 Å². The first-order valence-electron chi connectivity index (χ1n) is 6.58. The number of anilines is 1. The Morgan fingerprint density at radius 3 is 2.67 bits per heavy atom. The van der Waals surface area contributed by atoms with Crippen molar-refractivity contribution in [2.75, 3.05) is 11.6 Å². The smallest absolute Gasteiger partial charge is 0.177 e. The van der Waals surface area contributed by atoms with Crippen LogP contribution in [0.5, 0.6) is 0 Å². The molecule has 2 atom stereocenters. The molecule has 1 fully saturated rings. The van der Waals surface area contributed by atoms with Crippen molar-refractivity contribution in [2.45, 2.75) is 43.5 Å². The van der Waals surface area contributed by atoms with Crippen LogP contribution in [-0.2, 0) is 9.84 Å². The lowest BCUT2D eigenvalue weighted by Crippen LogP contribution is -2.24. The second-order valence-corrected chi connectivity index (χ2v) is 7.10.